The summed E-state index contributed by atoms with van der Waals surface area (Å²) in [5, 5.41) is 0. The van der Waals surface area contributed by atoms with Crippen molar-refractivity contribution in [3.05, 3.63) is 71.8 Å². The maximum Gasteiger partial charge on any atom is 0.170 e. The van der Waals surface area contributed by atoms with Crippen molar-refractivity contribution in [1.82, 2.24) is 4.90 Å². The van der Waals surface area contributed by atoms with Crippen molar-refractivity contribution in [1.29, 1.82) is 0 Å². The highest BCUT2D eigenvalue weighted by atomic mass is 16.2. The molecule has 2 rings (SSSR count). The van der Waals surface area contributed by atoms with E-state index in [0.717, 1.165) is 0 Å². The molecular weight excluding hydrogens is 330 g/mol. The van der Waals surface area contributed by atoms with Gasteiger partial charge in [0.15, 0.2) is 23.1 Å². The third kappa shape index (κ3) is 6.18. The molecule has 0 aliphatic rings. The number of carbonyl (C=O) groups excluding carboxylic acids is 4. The summed E-state index contributed by atoms with van der Waals surface area (Å²) >= 11 is 0. The van der Waals surface area contributed by atoms with Crippen molar-refractivity contribution in [2.45, 2.75) is 12.8 Å². The summed E-state index contributed by atoms with van der Waals surface area (Å²) in [4.78, 5) is 49.6. The lowest BCUT2D eigenvalue weighted by Gasteiger charge is -2.14. The summed E-state index contributed by atoms with van der Waals surface area (Å²) < 4.78 is 0. The molecule has 0 radical (unpaired) electrons. The van der Waals surface area contributed by atoms with Crippen LogP contribution in [0.2, 0.25) is 0 Å². The van der Waals surface area contributed by atoms with Gasteiger partial charge in [0.25, 0.3) is 0 Å². The SMILES string of the molecule is CN(CC(=O)CC(=O)c1ccccc1)CC(=O)CC(=O)c1ccccc1. The van der Waals surface area contributed by atoms with Crippen LogP contribution in [0.25, 0.3) is 0 Å². The molecule has 26 heavy (non-hydrogen) atoms. The Morgan fingerprint density at radius 1 is 0.654 bits per heavy atom. The maximum atomic E-state index is 12.0. The Kier molecular flexibility index (Phi) is 7.12. The molecule has 0 fully saturated rings. The second-order valence-corrected chi connectivity index (χ2v) is 6.18. The van der Waals surface area contributed by atoms with Crippen LogP contribution in [0.1, 0.15) is 33.6 Å². The van der Waals surface area contributed by atoms with Gasteiger partial charge in [-0.3, -0.25) is 24.1 Å². The van der Waals surface area contributed by atoms with Gasteiger partial charge in [0.1, 0.15) is 0 Å². The highest BCUT2D eigenvalue weighted by Crippen LogP contribution is 2.06. The minimum atomic E-state index is -0.261. The Bertz CT molecular complexity index is 717. The number of hydrogen-bond donors (Lipinski definition) is 0. The molecule has 5 nitrogen and oxygen atoms in total. The number of nitrogens with zero attached hydrogens (tertiary/aromatic N) is 1. The molecular formula is C21H21NO4. The summed E-state index contributed by atoms with van der Waals surface area (Å²) in [6, 6.07) is 17.2. The van der Waals surface area contributed by atoms with Crippen molar-refractivity contribution in [3.63, 3.8) is 0 Å². The van der Waals surface area contributed by atoms with E-state index in [4.69, 9.17) is 0 Å². The molecule has 0 aliphatic heterocycles. The lowest BCUT2D eigenvalue weighted by Crippen LogP contribution is -2.32. The van der Waals surface area contributed by atoms with Crippen molar-refractivity contribution in [3.8, 4) is 0 Å². The minimum Gasteiger partial charge on any atom is -0.298 e. The summed E-state index contributed by atoms with van der Waals surface area (Å²) in [6.45, 7) is -0.0202. The minimum absolute atomic E-state index is 0.0101. The van der Waals surface area contributed by atoms with Crippen LogP contribution in [-0.4, -0.2) is 48.2 Å². The molecule has 0 atom stereocenters. The van der Waals surface area contributed by atoms with Crippen molar-refractivity contribution in [2.24, 2.45) is 0 Å². The van der Waals surface area contributed by atoms with Gasteiger partial charge in [0.05, 0.1) is 25.9 Å². The summed E-state index contributed by atoms with van der Waals surface area (Å²) in [5.41, 5.74) is 0.987. The molecule has 2 aromatic carbocycles. The molecule has 0 aromatic heterocycles. The van der Waals surface area contributed by atoms with E-state index in [-0.39, 0.29) is 49.1 Å². The Labute approximate surface area is 152 Å². The molecule has 0 amide bonds. The normalized spacial score (nSPS) is 10.5. The molecule has 0 N–H and O–H groups in total. The lowest BCUT2D eigenvalue weighted by atomic mass is 10.1. The zero-order chi connectivity index (χ0) is 18.9. The van der Waals surface area contributed by atoms with Crippen molar-refractivity contribution >= 4 is 23.1 Å². The van der Waals surface area contributed by atoms with Crippen LogP contribution in [-0.2, 0) is 9.59 Å². The third-order valence-corrected chi connectivity index (χ3v) is 3.80. The summed E-state index contributed by atoms with van der Waals surface area (Å²) in [5.74, 6) is -1.00. The van der Waals surface area contributed by atoms with E-state index in [1.807, 2.05) is 0 Å². The summed E-state index contributed by atoms with van der Waals surface area (Å²) in [7, 11) is 1.62. The largest absolute Gasteiger partial charge is 0.298 e. The van der Waals surface area contributed by atoms with Crippen LogP contribution in [0.4, 0.5) is 0 Å². The molecule has 0 unspecified atom stereocenters. The van der Waals surface area contributed by atoms with E-state index in [2.05, 4.69) is 0 Å². The zero-order valence-electron chi connectivity index (χ0n) is 14.7. The third-order valence-electron chi connectivity index (χ3n) is 3.80. The predicted octanol–water partition coefficient (Wildman–Crippen LogP) is 2.60. The van der Waals surface area contributed by atoms with Crippen LogP contribution >= 0.6 is 0 Å². The Morgan fingerprint density at radius 3 is 1.35 bits per heavy atom. The van der Waals surface area contributed by atoms with Gasteiger partial charge < -0.3 is 0 Å². The van der Waals surface area contributed by atoms with Gasteiger partial charge in [-0.25, -0.2) is 0 Å². The first-order valence-corrected chi connectivity index (χ1v) is 8.34. The van der Waals surface area contributed by atoms with Gasteiger partial charge >= 0.3 is 0 Å². The topological polar surface area (TPSA) is 71.5 Å². The van der Waals surface area contributed by atoms with Gasteiger partial charge in [-0.05, 0) is 7.05 Å². The molecule has 0 heterocycles. The molecule has 0 saturated heterocycles. The molecule has 5 heteroatoms. The molecule has 134 valence electrons. The van der Waals surface area contributed by atoms with E-state index in [9.17, 15) is 19.2 Å². The van der Waals surface area contributed by atoms with E-state index in [0.29, 0.717) is 11.1 Å². The van der Waals surface area contributed by atoms with E-state index < -0.39 is 0 Å². The zero-order valence-corrected chi connectivity index (χ0v) is 14.7. The predicted molar refractivity (Wildman–Crippen MR) is 98.3 cm³/mol. The Balaban J connectivity index is 1.77. The molecule has 0 spiro atoms. The molecule has 0 bridgehead atoms. The summed E-state index contributed by atoms with van der Waals surface area (Å²) in [6.07, 6.45) is -0.406. The van der Waals surface area contributed by atoms with E-state index in [1.54, 1.807) is 67.7 Å². The molecule has 0 aliphatic carbocycles. The monoisotopic (exact) mass is 351 g/mol. The average Bonchev–Trinajstić information content (AvgIpc) is 2.62. The Hall–Kier alpha value is -2.92. The fraction of sp³-hybridized carbons (Fsp3) is 0.238. The van der Waals surface area contributed by atoms with Gasteiger partial charge in [-0.2, -0.15) is 0 Å². The lowest BCUT2D eigenvalue weighted by molar-refractivity contribution is -0.121. The fourth-order valence-corrected chi connectivity index (χ4v) is 2.58. The first kappa shape index (κ1) is 19.4. The average molecular weight is 351 g/mol. The van der Waals surface area contributed by atoms with Crippen LogP contribution in [0.5, 0.6) is 0 Å². The number of carbonyl (C=O) groups is 4. The van der Waals surface area contributed by atoms with Crippen LogP contribution in [0.15, 0.2) is 60.7 Å². The Morgan fingerprint density at radius 2 is 1.00 bits per heavy atom. The smallest absolute Gasteiger partial charge is 0.170 e. The quantitative estimate of drug-likeness (QED) is 0.486. The van der Waals surface area contributed by atoms with E-state index in [1.165, 1.54) is 4.90 Å². The highest BCUT2D eigenvalue weighted by molar-refractivity contribution is 6.09. The maximum absolute atomic E-state index is 12.0. The van der Waals surface area contributed by atoms with Gasteiger partial charge in [-0.1, -0.05) is 60.7 Å². The first-order chi connectivity index (χ1) is 12.5. The van der Waals surface area contributed by atoms with Crippen LogP contribution < -0.4 is 0 Å². The molecule has 2 aromatic rings. The fourth-order valence-electron chi connectivity index (χ4n) is 2.58. The van der Waals surface area contributed by atoms with Crippen molar-refractivity contribution in [2.75, 3.05) is 20.1 Å². The number of rotatable bonds is 10. The second kappa shape index (κ2) is 9.53. The number of hydrogen-bond acceptors (Lipinski definition) is 5. The van der Waals surface area contributed by atoms with Crippen LogP contribution in [0, 0.1) is 0 Å². The first-order valence-electron chi connectivity index (χ1n) is 8.34. The number of benzene rings is 2. The van der Waals surface area contributed by atoms with Gasteiger partial charge in [0, 0.05) is 11.1 Å². The van der Waals surface area contributed by atoms with Crippen LogP contribution in [0.3, 0.4) is 0 Å². The van der Waals surface area contributed by atoms with Gasteiger partial charge in [-0.15, -0.1) is 0 Å². The number of Topliss-reactive ketones (excluding diaryl/α,β-unsaturated/α-hetero) is 4. The van der Waals surface area contributed by atoms with Gasteiger partial charge in [0.2, 0.25) is 0 Å². The van der Waals surface area contributed by atoms with E-state index >= 15 is 0 Å². The second-order valence-electron chi connectivity index (χ2n) is 6.18. The van der Waals surface area contributed by atoms with Crippen molar-refractivity contribution < 1.29 is 19.2 Å². The number of likely N-dealkylation sites (N-methyl/N-ethyl adjacent to an activating group) is 1. The number of ketones is 4. The molecule has 0 saturated carbocycles. The standard InChI is InChI=1S/C21H21NO4/c1-22(14-18(23)12-20(25)16-8-4-2-5-9-16)15-19(24)13-21(26)17-10-6-3-7-11-17/h2-11H,12-15H2,1H3. The highest BCUT2D eigenvalue weighted by Gasteiger charge is 2.17.